The first-order valence-corrected chi connectivity index (χ1v) is 41.5. The molecule has 514 valence electrons. The van der Waals surface area contributed by atoms with Gasteiger partial charge in [-0.15, -0.1) is 0 Å². The molecule has 16 heteroatoms. The second kappa shape index (κ2) is 35.0. The van der Waals surface area contributed by atoms with Gasteiger partial charge in [0.05, 0.1) is 12.8 Å². The molecule has 0 bridgehead atoms. The number of carbonyl (C=O) groups is 4. The van der Waals surface area contributed by atoms with Gasteiger partial charge in [-0.3, -0.25) is 9.59 Å². The molecule has 7 unspecified atom stereocenters. The van der Waals surface area contributed by atoms with E-state index in [1.54, 1.807) is 54.3 Å². The molecule has 0 aromatic heterocycles. The number of fused-ring (bicyclic) bond motifs is 10. The van der Waals surface area contributed by atoms with Gasteiger partial charge in [0.2, 0.25) is 0 Å². The first-order valence-electron chi connectivity index (χ1n) is 36.5. The molecule has 90 heavy (non-hydrogen) atoms. The Labute approximate surface area is 563 Å². The molecular weight excluding hydrogens is 1200 g/mol. The summed E-state index contributed by atoms with van der Waals surface area (Å²) in [5, 5.41) is 5.97. The van der Waals surface area contributed by atoms with Crippen LogP contribution in [0.1, 0.15) is 223 Å². The predicted molar refractivity (Wildman–Crippen MR) is 379 cm³/mol. The van der Waals surface area contributed by atoms with Crippen LogP contribution in [0, 0.1) is 92.7 Å². The number of alkyl carbamates (subject to hydrolysis) is 2. The highest BCUT2D eigenvalue weighted by molar-refractivity contribution is 8.77. The number of carbonyl (C=O) groups excluding carboxylic acids is 4. The number of nitrogens with one attached hydrogen (secondary N) is 2. The van der Waals surface area contributed by atoms with Crippen LogP contribution in [0.25, 0.3) is 0 Å². The van der Waals surface area contributed by atoms with Crippen LogP contribution in [0.2, 0.25) is 0 Å². The van der Waals surface area contributed by atoms with Gasteiger partial charge in [-0.25, -0.2) is 9.59 Å². The molecule has 0 spiro atoms. The summed E-state index contributed by atoms with van der Waals surface area (Å²) in [7, 11) is 10.6. The van der Waals surface area contributed by atoms with Crippen LogP contribution >= 0.6 is 43.2 Å². The van der Waals surface area contributed by atoms with Crippen molar-refractivity contribution in [1.29, 1.82) is 0 Å². The first-order chi connectivity index (χ1) is 43.0. The first kappa shape index (κ1) is 74.1. The molecule has 0 saturated heterocycles. The van der Waals surface area contributed by atoms with Crippen molar-refractivity contribution in [3.05, 3.63) is 23.3 Å². The molecule has 0 aromatic rings. The highest BCUT2D eigenvalue weighted by Crippen LogP contribution is 2.69. The minimum atomic E-state index is -0.316. The highest BCUT2D eigenvalue weighted by Gasteiger charge is 2.61. The van der Waals surface area contributed by atoms with Gasteiger partial charge in [0.1, 0.15) is 25.4 Å². The minimum Gasteiger partial charge on any atom is -0.465 e. The normalized spacial score (nSPS) is 33.4. The lowest BCUT2D eigenvalue weighted by molar-refractivity contribution is -0.143. The fraction of sp³-hybridized carbons (Fsp3) is 0.892. The Morgan fingerprint density at radius 3 is 1.36 bits per heavy atom. The van der Waals surface area contributed by atoms with Crippen molar-refractivity contribution < 1.29 is 38.1 Å². The summed E-state index contributed by atoms with van der Waals surface area (Å²) in [6.07, 6.45) is 32.6. The Bertz CT molecular complexity index is 2210. The maximum Gasteiger partial charge on any atom is 0.407 e. The van der Waals surface area contributed by atoms with Crippen LogP contribution in [0.3, 0.4) is 0 Å². The molecular formula is C74H126N4O8S4. The summed E-state index contributed by atoms with van der Waals surface area (Å²) in [4.78, 5) is 55.7. The van der Waals surface area contributed by atoms with E-state index in [0.29, 0.717) is 61.7 Å². The van der Waals surface area contributed by atoms with E-state index in [0.717, 1.165) is 134 Å². The Balaban J connectivity index is 0.615. The molecule has 12 nitrogen and oxygen atoms in total. The molecule has 2 amide bonds. The minimum absolute atomic E-state index is 0.0584. The van der Waals surface area contributed by atoms with E-state index in [1.807, 2.05) is 14.1 Å². The SMILES string of the molecule is CC(C)CCC[C@@H](C)C1CCC2C3CC=C4C[C@@H](OC(=O)NCCSSCCOC(=O)CCN(CCC(=O)OCCSSCCNC(=O)O[C@H]5CC[C@@]6(C)C(=CC[C@H]7C8CCC([C@H](C)CCCC(C)C)[C@@]8(C)CCC76)C5)CCN(C)C)CC[C@]4(C)C3CC[C@@]21C. The fourth-order valence-corrected chi connectivity index (χ4v) is 23.7. The van der Waals surface area contributed by atoms with Crippen molar-refractivity contribution in [3.8, 4) is 0 Å². The topological polar surface area (TPSA) is 136 Å². The summed E-state index contributed by atoms with van der Waals surface area (Å²) < 4.78 is 23.2. The van der Waals surface area contributed by atoms with Crippen molar-refractivity contribution in [2.24, 2.45) is 92.7 Å². The molecule has 8 rings (SSSR count). The van der Waals surface area contributed by atoms with E-state index in [9.17, 15) is 19.2 Å². The summed E-state index contributed by atoms with van der Waals surface area (Å²) in [6, 6.07) is 0. The third-order valence-corrected chi connectivity index (χ3v) is 29.9. The third-order valence-electron chi connectivity index (χ3n) is 25.1. The summed E-state index contributed by atoms with van der Waals surface area (Å²) in [6.45, 7) is 29.3. The summed E-state index contributed by atoms with van der Waals surface area (Å²) >= 11 is 0. The zero-order valence-corrected chi connectivity index (χ0v) is 61.8. The van der Waals surface area contributed by atoms with Crippen LogP contribution in [0.5, 0.6) is 0 Å². The maximum absolute atomic E-state index is 13.0. The van der Waals surface area contributed by atoms with Crippen LogP contribution in [-0.2, 0) is 28.5 Å². The lowest BCUT2D eigenvalue weighted by atomic mass is 9.47. The molecule has 0 aromatic carbocycles. The molecule has 2 N–H and O–H groups in total. The van der Waals surface area contributed by atoms with E-state index in [2.05, 4.69) is 102 Å². The second-order valence-electron chi connectivity index (χ2n) is 31.8. The lowest BCUT2D eigenvalue weighted by Crippen LogP contribution is -2.51. The molecule has 6 fully saturated rings. The average Bonchev–Trinajstić information content (AvgIpc) is 1.37. The van der Waals surface area contributed by atoms with Crippen molar-refractivity contribution in [3.63, 3.8) is 0 Å². The van der Waals surface area contributed by atoms with Gasteiger partial charge in [-0.1, -0.05) is 174 Å². The van der Waals surface area contributed by atoms with Gasteiger partial charge in [0.25, 0.3) is 0 Å². The number of hydrogen-bond acceptors (Lipinski definition) is 14. The number of hydrogen-bond donors (Lipinski definition) is 2. The molecule has 8 aliphatic rings. The largest absolute Gasteiger partial charge is 0.465 e. The van der Waals surface area contributed by atoms with Gasteiger partial charge in [0, 0.05) is 75.1 Å². The summed E-state index contributed by atoms with van der Waals surface area (Å²) in [5.74, 6) is 12.1. The predicted octanol–water partition coefficient (Wildman–Crippen LogP) is 17.8. The molecule has 0 radical (unpaired) electrons. The van der Waals surface area contributed by atoms with Crippen molar-refractivity contribution >= 4 is 67.3 Å². The van der Waals surface area contributed by atoms with Crippen LogP contribution in [0.4, 0.5) is 9.59 Å². The quantitative estimate of drug-likeness (QED) is 0.0205. The molecule has 0 heterocycles. The molecule has 8 aliphatic carbocycles. The standard InChI is InChI=1S/C74H126N4O8S4/c1-51(2)15-13-17-53(5)61-23-25-63-59-21-19-55-49-57(27-33-71(55,7)65(59)29-35-73(61,63)9)85-69(81)75-37-45-87-89-47-43-83-67(79)31-39-78(42-41-77(11)12)40-32-68(80)84-44-48-90-88-46-38-76-70(82)86-58-28-34-72(8)56(50-58)20-22-60-64-26-24-62(54(6)18-14-16-52(3)4)74(64,10)36-30-66(60)72/h19-20,51-54,57-66H,13-18,21-50H2,1-12H3,(H,75,81)(H,76,82)/t53-,54-,57+,58+,59+,60?,61?,62?,63?,64?,65?,66?,71+,72+,73-,74-/m1/s1. The van der Waals surface area contributed by atoms with Crippen LogP contribution in [-0.4, -0.2) is 136 Å². The van der Waals surface area contributed by atoms with E-state index in [1.165, 1.54) is 103 Å². The van der Waals surface area contributed by atoms with Crippen molar-refractivity contribution in [1.82, 2.24) is 20.4 Å². The monoisotopic (exact) mass is 1330 g/mol. The Hall–Kier alpha value is -1.72. The molecule has 6 saturated carbocycles. The zero-order valence-electron chi connectivity index (χ0n) is 58.5. The van der Waals surface area contributed by atoms with Gasteiger partial charge in [0.15, 0.2) is 0 Å². The highest BCUT2D eigenvalue weighted by atomic mass is 33.1. The smallest absolute Gasteiger partial charge is 0.407 e. The second-order valence-corrected chi connectivity index (χ2v) is 37.3. The van der Waals surface area contributed by atoms with Gasteiger partial charge >= 0.3 is 24.1 Å². The molecule has 0 aliphatic heterocycles. The fourth-order valence-electron chi connectivity index (χ4n) is 20.2. The van der Waals surface area contributed by atoms with Crippen LogP contribution < -0.4 is 10.6 Å². The van der Waals surface area contributed by atoms with Gasteiger partial charge < -0.3 is 39.4 Å². The van der Waals surface area contributed by atoms with Crippen LogP contribution in [0.15, 0.2) is 23.3 Å². The lowest BCUT2D eigenvalue weighted by Gasteiger charge is -2.58. The number of rotatable bonds is 35. The van der Waals surface area contributed by atoms with Crippen molar-refractivity contribution in [2.45, 2.75) is 236 Å². The number of allylic oxidation sites excluding steroid dienone is 2. The van der Waals surface area contributed by atoms with Gasteiger partial charge in [-0.2, -0.15) is 0 Å². The average molecular weight is 1330 g/mol. The number of likely N-dealkylation sites (N-methyl/N-ethyl adjacent to an activating group) is 1. The zero-order chi connectivity index (χ0) is 64.6. The Kier molecular flexibility index (Phi) is 28.8. The Morgan fingerprint density at radius 2 is 0.944 bits per heavy atom. The third kappa shape index (κ3) is 19.5. The number of amides is 2. The Morgan fingerprint density at radius 1 is 0.522 bits per heavy atom. The van der Waals surface area contributed by atoms with E-state index in [4.69, 9.17) is 18.9 Å². The number of nitrogens with zero attached hydrogens (tertiary/aromatic N) is 2. The van der Waals surface area contributed by atoms with Crippen molar-refractivity contribution in [2.75, 3.05) is 89.6 Å². The van der Waals surface area contributed by atoms with E-state index in [-0.39, 0.29) is 60.0 Å². The number of ether oxygens (including phenoxy) is 4. The summed E-state index contributed by atoms with van der Waals surface area (Å²) in [5.41, 5.74) is 4.55. The molecule has 16 atom stereocenters. The maximum atomic E-state index is 13.0. The van der Waals surface area contributed by atoms with Gasteiger partial charge in [-0.05, 0) is 197 Å². The number of esters is 2. The van der Waals surface area contributed by atoms with E-state index < -0.39 is 0 Å². The van der Waals surface area contributed by atoms with E-state index >= 15 is 0 Å².